The van der Waals surface area contributed by atoms with Crippen LogP contribution >= 0.6 is 0 Å². The molecule has 4 heteroatoms. The highest BCUT2D eigenvalue weighted by Gasteiger charge is 2.13. The number of para-hydroxylation sites is 1. The Hall–Kier alpha value is -1.94. The molecule has 0 unspecified atom stereocenters. The molecule has 0 amide bonds. The van der Waals surface area contributed by atoms with Crippen LogP contribution in [0.25, 0.3) is 0 Å². The lowest BCUT2D eigenvalue weighted by atomic mass is 10.2. The zero-order valence-electron chi connectivity index (χ0n) is 9.60. The number of aromatic nitrogens is 1. The molecule has 0 aliphatic heterocycles. The van der Waals surface area contributed by atoms with Crippen molar-refractivity contribution in [2.24, 2.45) is 5.73 Å². The van der Waals surface area contributed by atoms with E-state index in [9.17, 15) is 4.39 Å². The normalized spacial score (nSPS) is 10.3. The largest absolute Gasteiger partial charge is 0.327 e. The molecule has 0 fully saturated rings. The standard InChI is InChI=1S/C13H14FN3/c1-17(11-5-3-2-4-6-11)13-12(14)10(9-15)7-8-16-13/h2-8H,9,15H2,1H3. The van der Waals surface area contributed by atoms with Crippen molar-refractivity contribution in [3.05, 3.63) is 54.0 Å². The highest BCUT2D eigenvalue weighted by Crippen LogP contribution is 2.25. The number of rotatable bonds is 3. The molecule has 0 radical (unpaired) electrons. The van der Waals surface area contributed by atoms with Crippen LogP contribution in [0.2, 0.25) is 0 Å². The average Bonchev–Trinajstić information content (AvgIpc) is 2.39. The van der Waals surface area contributed by atoms with Gasteiger partial charge in [0.1, 0.15) is 0 Å². The van der Waals surface area contributed by atoms with Gasteiger partial charge in [-0.2, -0.15) is 0 Å². The fourth-order valence-corrected chi connectivity index (χ4v) is 1.64. The van der Waals surface area contributed by atoms with Crippen molar-refractivity contribution in [2.45, 2.75) is 6.54 Å². The zero-order chi connectivity index (χ0) is 12.3. The van der Waals surface area contributed by atoms with Crippen molar-refractivity contribution in [1.29, 1.82) is 0 Å². The number of hydrogen-bond donors (Lipinski definition) is 1. The molecule has 0 saturated carbocycles. The van der Waals surface area contributed by atoms with Crippen LogP contribution in [0, 0.1) is 5.82 Å². The maximum absolute atomic E-state index is 14.0. The molecule has 3 nitrogen and oxygen atoms in total. The summed E-state index contributed by atoms with van der Waals surface area (Å²) >= 11 is 0. The third-order valence-electron chi connectivity index (χ3n) is 2.63. The Balaban J connectivity index is 2.41. The Labute approximate surface area is 99.7 Å². The van der Waals surface area contributed by atoms with E-state index in [1.165, 1.54) is 0 Å². The van der Waals surface area contributed by atoms with Crippen LogP contribution in [0.5, 0.6) is 0 Å². The number of benzene rings is 1. The predicted octanol–water partition coefficient (Wildman–Crippen LogP) is 2.45. The summed E-state index contributed by atoms with van der Waals surface area (Å²) < 4.78 is 14.0. The van der Waals surface area contributed by atoms with Crippen molar-refractivity contribution >= 4 is 11.5 Å². The lowest BCUT2D eigenvalue weighted by molar-refractivity contribution is 0.604. The zero-order valence-corrected chi connectivity index (χ0v) is 9.60. The van der Waals surface area contributed by atoms with Gasteiger partial charge in [-0.05, 0) is 18.2 Å². The second-order valence-electron chi connectivity index (χ2n) is 3.71. The summed E-state index contributed by atoms with van der Waals surface area (Å²) in [6.07, 6.45) is 1.57. The molecular weight excluding hydrogens is 217 g/mol. The molecule has 17 heavy (non-hydrogen) atoms. The maximum atomic E-state index is 14.0. The quantitative estimate of drug-likeness (QED) is 0.882. The highest BCUT2D eigenvalue weighted by atomic mass is 19.1. The monoisotopic (exact) mass is 231 g/mol. The summed E-state index contributed by atoms with van der Waals surface area (Å²) in [6, 6.07) is 11.1. The number of nitrogens with zero attached hydrogens (tertiary/aromatic N) is 2. The minimum atomic E-state index is -0.360. The molecular formula is C13H14FN3. The van der Waals surface area contributed by atoms with E-state index in [1.54, 1.807) is 24.2 Å². The third-order valence-corrected chi connectivity index (χ3v) is 2.63. The molecule has 88 valence electrons. The van der Waals surface area contributed by atoms with E-state index in [0.29, 0.717) is 11.4 Å². The predicted molar refractivity (Wildman–Crippen MR) is 66.6 cm³/mol. The van der Waals surface area contributed by atoms with Gasteiger partial charge in [-0.1, -0.05) is 18.2 Å². The molecule has 0 atom stereocenters. The second-order valence-corrected chi connectivity index (χ2v) is 3.71. The molecule has 1 aromatic heterocycles. The van der Waals surface area contributed by atoms with Gasteiger partial charge in [0, 0.05) is 31.0 Å². The lowest BCUT2D eigenvalue weighted by Crippen LogP contribution is -2.14. The van der Waals surface area contributed by atoms with Gasteiger partial charge in [0.05, 0.1) is 0 Å². The molecule has 1 heterocycles. The third kappa shape index (κ3) is 2.26. The minimum Gasteiger partial charge on any atom is -0.327 e. The molecule has 0 aliphatic carbocycles. The van der Waals surface area contributed by atoms with Gasteiger partial charge in [0.25, 0.3) is 0 Å². The van der Waals surface area contributed by atoms with Crippen LogP contribution in [0.15, 0.2) is 42.6 Å². The van der Waals surface area contributed by atoms with Crippen molar-refractivity contribution in [3.63, 3.8) is 0 Å². The first-order chi connectivity index (χ1) is 8.24. The van der Waals surface area contributed by atoms with E-state index in [1.807, 2.05) is 30.3 Å². The molecule has 0 spiro atoms. The molecule has 1 aromatic carbocycles. The first kappa shape index (κ1) is 11.5. The number of nitrogens with two attached hydrogens (primary N) is 1. The van der Waals surface area contributed by atoms with Crippen LogP contribution in [0.3, 0.4) is 0 Å². The Bertz CT molecular complexity index is 499. The van der Waals surface area contributed by atoms with Gasteiger partial charge in [-0.25, -0.2) is 9.37 Å². The smallest absolute Gasteiger partial charge is 0.170 e. The van der Waals surface area contributed by atoms with Crippen LogP contribution in [0.4, 0.5) is 15.9 Å². The van der Waals surface area contributed by atoms with E-state index in [0.717, 1.165) is 5.69 Å². The number of pyridine rings is 1. The Morgan fingerprint density at radius 3 is 2.59 bits per heavy atom. The van der Waals surface area contributed by atoms with Crippen molar-refractivity contribution in [3.8, 4) is 0 Å². The van der Waals surface area contributed by atoms with E-state index >= 15 is 0 Å². The first-order valence-electron chi connectivity index (χ1n) is 5.36. The van der Waals surface area contributed by atoms with Crippen LogP contribution in [-0.2, 0) is 6.54 Å². The SMILES string of the molecule is CN(c1ccccc1)c1nccc(CN)c1F. The maximum Gasteiger partial charge on any atom is 0.170 e. The van der Waals surface area contributed by atoms with Gasteiger partial charge in [-0.3, -0.25) is 0 Å². The van der Waals surface area contributed by atoms with Crippen LogP contribution in [-0.4, -0.2) is 12.0 Å². The van der Waals surface area contributed by atoms with E-state index in [2.05, 4.69) is 4.98 Å². The Morgan fingerprint density at radius 2 is 1.94 bits per heavy atom. The fourth-order valence-electron chi connectivity index (χ4n) is 1.64. The van der Waals surface area contributed by atoms with Gasteiger partial charge in [-0.15, -0.1) is 0 Å². The van der Waals surface area contributed by atoms with E-state index in [-0.39, 0.29) is 12.4 Å². The molecule has 2 N–H and O–H groups in total. The van der Waals surface area contributed by atoms with E-state index < -0.39 is 0 Å². The summed E-state index contributed by atoms with van der Waals surface area (Å²) in [5.74, 6) is -0.0690. The lowest BCUT2D eigenvalue weighted by Gasteiger charge is -2.19. The van der Waals surface area contributed by atoms with Gasteiger partial charge in [0.15, 0.2) is 11.6 Å². The van der Waals surface area contributed by atoms with Crippen LogP contribution in [0.1, 0.15) is 5.56 Å². The number of hydrogen-bond acceptors (Lipinski definition) is 3. The second kappa shape index (κ2) is 4.93. The first-order valence-corrected chi connectivity index (χ1v) is 5.36. The summed E-state index contributed by atoms with van der Waals surface area (Å²) in [5, 5.41) is 0. The van der Waals surface area contributed by atoms with Gasteiger partial charge in [0.2, 0.25) is 0 Å². The molecule has 2 aromatic rings. The number of halogens is 1. The van der Waals surface area contributed by atoms with E-state index in [4.69, 9.17) is 5.73 Å². The fraction of sp³-hybridized carbons (Fsp3) is 0.154. The van der Waals surface area contributed by atoms with Gasteiger partial charge >= 0.3 is 0 Å². The average molecular weight is 231 g/mol. The van der Waals surface area contributed by atoms with Crippen molar-refractivity contribution in [1.82, 2.24) is 4.98 Å². The number of anilines is 2. The Morgan fingerprint density at radius 1 is 1.24 bits per heavy atom. The Kier molecular flexibility index (Phi) is 3.35. The summed E-state index contributed by atoms with van der Waals surface area (Å²) in [5.41, 5.74) is 6.82. The highest BCUT2D eigenvalue weighted by molar-refractivity contribution is 5.59. The topological polar surface area (TPSA) is 42.2 Å². The summed E-state index contributed by atoms with van der Waals surface area (Å²) in [7, 11) is 1.78. The summed E-state index contributed by atoms with van der Waals surface area (Å²) in [4.78, 5) is 5.76. The van der Waals surface area contributed by atoms with Crippen molar-refractivity contribution in [2.75, 3.05) is 11.9 Å². The molecule has 0 aliphatic rings. The van der Waals surface area contributed by atoms with Crippen molar-refractivity contribution < 1.29 is 4.39 Å². The van der Waals surface area contributed by atoms with Gasteiger partial charge < -0.3 is 10.6 Å². The molecule has 2 rings (SSSR count). The molecule has 0 saturated heterocycles. The van der Waals surface area contributed by atoms with Crippen LogP contribution < -0.4 is 10.6 Å². The molecule has 0 bridgehead atoms. The summed E-state index contributed by atoms with van der Waals surface area (Å²) in [6.45, 7) is 0.171. The minimum absolute atomic E-state index is 0.171.